The Balaban J connectivity index is 2.24. The van der Waals surface area contributed by atoms with Gasteiger partial charge in [0.1, 0.15) is 11.8 Å². The first-order valence-corrected chi connectivity index (χ1v) is 6.54. The van der Waals surface area contributed by atoms with Gasteiger partial charge in [0.25, 0.3) is 0 Å². The fourth-order valence-corrected chi connectivity index (χ4v) is 2.46. The quantitative estimate of drug-likeness (QED) is 0.859. The Morgan fingerprint density at radius 3 is 2.67 bits per heavy atom. The molecule has 1 aromatic carbocycles. The van der Waals surface area contributed by atoms with E-state index in [1.165, 1.54) is 16.9 Å². The number of carboxylic acids is 1. The minimum absolute atomic E-state index is 0.00922. The summed E-state index contributed by atoms with van der Waals surface area (Å²) in [7, 11) is 3.04. The first-order valence-electron chi connectivity index (χ1n) is 6.54. The molecule has 2 atom stereocenters. The van der Waals surface area contributed by atoms with Crippen LogP contribution >= 0.6 is 0 Å². The molecule has 2 unspecified atom stereocenters. The van der Waals surface area contributed by atoms with Gasteiger partial charge in [0, 0.05) is 20.0 Å². The van der Waals surface area contributed by atoms with E-state index in [1.807, 2.05) is 0 Å². The van der Waals surface area contributed by atoms with Crippen molar-refractivity contribution >= 4 is 17.7 Å². The summed E-state index contributed by atoms with van der Waals surface area (Å²) >= 11 is 0. The Morgan fingerprint density at radius 2 is 2.05 bits per heavy atom. The van der Waals surface area contributed by atoms with E-state index in [4.69, 9.17) is 9.84 Å². The number of amides is 2. The standard InChI is InChI=1S/C14H18N2O5/c1-15(10-5-3-4-6-12(10)21-2)14(20)16-8-9(17)7-11(16)13(18)19/h3-6,9,11,17H,7-8H2,1-2H3,(H,18,19). The van der Waals surface area contributed by atoms with Gasteiger partial charge in [-0.3, -0.25) is 4.90 Å². The molecule has 0 aromatic heterocycles. The molecular weight excluding hydrogens is 276 g/mol. The average molecular weight is 294 g/mol. The highest BCUT2D eigenvalue weighted by Crippen LogP contribution is 2.29. The van der Waals surface area contributed by atoms with Crippen LogP contribution in [0.25, 0.3) is 0 Å². The summed E-state index contributed by atoms with van der Waals surface area (Å²) in [5.74, 6) is -0.603. The number of methoxy groups -OCH3 is 1. The highest BCUT2D eigenvalue weighted by molar-refractivity contribution is 5.95. The van der Waals surface area contributed by atoms with Gasteiger partial charge in [-0.25, -0.2) is 9.59 Å². The van der Waals surface area contributed by atoms with Gasteiger partial charge in [-0.15, -0.1) is 0 Å². The van der Waals surface area contributed by atoms with E-state index in [2.05, 4.69) is 0 Å². The lowest BCUT2D eigenvalue weighted by atomic mass is 10.2. The van der Waals surface area contributed by atoms with E-state index in [1.54, 1.807) is 31.3 Å². The van der Waals surface area contributed by atoms with Crippen LogP contribution in [-0.2, 0) is 4.79 Å². The molecule has 7 heteroatoms. The predicted octanol–water partition coefficient (Wildman–Crippen LogP) is 0.771. The number of aliphatic hydroxyl groups excluding tert-OH is 1. The Labute approximate surface area is 122 Å². The lowest BCUT2D eigenvalue weighted by molar-refractivity contribution is -0.141. The minimum atomic E-state index is -1.12. The molecule has 0 spiro atoms. The predicted molar refractivity (Wildman–Crippen MR) is 75.5 cm³/mol. The second-order valence-electron chi connectivity index (χ2n) is 4.91. The molecular formula is C14H18N2O5. The van der Waals surface area contributed by atoms with E-state index in [9.17, 15) is 14.7 Å². The van der Waals surface area contributed by atoms with Crippen LogP contribution in [0.2, 0.25) is 0 Å². The SMILES string of the molecule is COc1ccccc1N(C)C(=O)N1CC(O)CC1C(=O)O. The van der Waals surface area contributed by atoms with Gasteiger partial charge in [-0.2, -0.15) is 0 Å². The molecule has 21 heavy (non-hydrogen) atoms. The minimum Gasteiger partial charge on any atom is -0.495 e. The van der Waals surface area contributed by atoms with Crippen molar-refractivity contribution in [3.8, 4) is 5.75 Å². The number of hydrogen-bond acceptors (Lipinski definition) is 4. The number of β-amino-alcohol motifs (C(OH)–C–C–N with tert-alkyl or cyclic N) is 1. The number of nitrogens with zero attached hydrogens (tertiary/aromatic N) is 2. The molecule has 114 valence electrons. The van der Waals surface area contributed by atoms with Crippen molar-refractivity contribution in [1.82, 2.24) is 4.90 Å². The van der Waals surface area contributed by atoms with E-state index in [0.29, 0.717) is 11.4 Å². The number of anilines is 1. The number of benzene rings is 1. The summed E-state index contributed by atoms with van der Waals surface area (Å²) < 4.78 is 5.20. The van der Waals surface area contributed by atoms with Crippen LogP contribution < -0.4 is 9.64 Å². The maximum atomic E-state index is 12.5. The van der Waals surface area contributed by atoms with Crippen LogP contribution in [0, 0.1) is 0 Å². The van der Waals surface area contributed by atoms with E-state index >= 15 is 0 Å². The topological polar surface area (TPSA) is 90.3 Å². The largest absolute Gasteiger partial charge is 0.495 e. The van der Waals surface area contributed by atoms with Crippen molar-refractivity contribution < 1.29 is 24.5 Å². The maximum absolute atomic E-state index is 12.5. The molecule has 1 aromatic rings. The third-order valence-corrected chi connectivity index (χ3v) is 3.54. The average Bonchev–Trinajstić information content (AvgIpc) is 2.88. The number of carbonyl (C=O) groups is 2. The number of urea groups is 1. The summed E-state index contributed by atoms with van der Waals surface area (Å²) in [6.07, 6.45) is -0.776. The fourth-order valence-electron chi connectivity index (χ4n) is 2.46. The molecule has 0 saturated carbocycles. The first kappa shape index (κ1) is 15.1. The number of aliphatic carboxylic acids is 1. The number of ether oxygens (including phenoxy) is 1. The highest BCUT2D eigenvalue weighted by Gasteiger charge is 2.40. The van der Waals surface area contributed by atoms with Crippen LogP contribution in [0.4, 0.5) is 10.5 Å². The zero-order valence-corrected chi connectivity index (χ0v) is 11.9. The van der Waals surface area contributed by atoms with Gasteiger partial charge < -0.3 is 19.8 Å². The Morgan fingerprint density at radius 1 is 1.38 bits per heavy atom. The summed E-state index contributed by atoms with van der Waals surface area (Å²) in [5.41, 5.74) is 0.538. The highest BCUT2D eigenvalue weighted by atomic mass is 16.5. The zero-order chi connectivity index (χ0) is 15.6. The van der Waals surface area contributed by atoms with Crippen LogP contribution in [0.5, 0.6) is 5.75 Å². The molecule has 1 heterocycles. The molecule has 0 aliphatic carbocycles. The van der Waals surface area contributed by atoms with E-state index in [-0.39, 0.29) is 13.0 Å². The number of carboxylic acid groups (broad SMARTS) is 1. The van der Waals surface area contributed by atoms with Crippen molar-refractivity contribution in [2.45, 2.75) is 18.6 Å². The lowest BCUT2D eigenvalue weighted by Gasteiger charge is -2.28. The van der Waals surface area contributed by atoms with Gasteiger partial charge >= 0.3 is 12.0 Å². The lowest BCUT2D eigenvalue weighted by Crippen LogP contribution is -2.47. The Bertz CT molecular complexity index is 548. The summed E-state index contributed by atoms with van der Waals surface area (Å²) in [5, 5.41) is 18.8. The molecule has 2 N–H and O–H groups in total. The van der Waals surface area contributed by atoms with Crippen molar-refractivity contribution in [2.24, 2.45) is 0 Å². The Kier molecular flexibility index (Phi) is 4.32. The molecule has 1 fully saturated rings. The Hall–Kier alpha value is -2.28. The molecule has 0 bridgehead atoms. The summed E-state index contributed by atoms with van der Waals surface area (Å²) in [6.45, 7) is 0.00922. The van der Waals surface area contributed by atoms with Crippen LogP contribution in [0.3, 0.4) is 0 Å². The molecule has 2 rings (SSSR count). The first-order chi connectivity index (χ1) is 9.95. The van der Waals surface area contributed by atoms with Gasteiger partial charge in [0.2, 0.25) is 0 Å². The number of aliphatic hydroxyl groups is 1. The smallest absolute Gasteiger partial charge is 0.326 e. The number of likely N-dealkylation sites (tertiary alicyclic amines) is 1. The van der Waals surface area contributed by atoms with Gasteiger partial charge in [-0.1, -0.05) is 12.1 Å². The summed E-state index contributed by atoms with van der Waals surface area (Å²) in [6, 6.07) is 5.47. The second-order valence-corrected chi connectivity index (χ2v) is 4.91. The number of carbonyl (C=O) groups excluding carboxylic acids is 1. The van der Waals surface area contributed by atoms with Crippen LogP contribution in [0.15, 0.2) is 24.3 Å². The van der Waals surface area contributed by atoms with Crippen molar-refractivity contribution in [3.63, 3.8) is 0 Å². The van der Waals surface area contributed by atoms with E-state index < -0.39 is 24.1 Å². The maximum Gasteiger partial charge on any atom is 0.326 e. The molecule has 7 nitrogen and oxygen atoms in total. The van der Waals surface area contributed by atoms with Crippen LogP contribution in [0.1, 0.15) is 6.42 Å². The second kappa shape index (κ2) is 6.01. The molecule has 1 saturated heterocycles. The van der Waals surface area contributed by atoms with Crippen molar-refractivity contribution in [3.05, 3.63) is 24.3 Å². The third-order valence-electron chi connectivity index (χ3n) is 3.54. The van der Waals surface area contributed by atoms with E-state index in [0.717, 1.165) is 0 Å². The molecule has 0 radical (unpaired) electrons. The monoisotopic (exact) mass is 294 g/mol. The zero-order valence-electron chi connectivity index (χ0n) is 11.9. The van der Waals surface area contributed by atoms with Crippen molar-refractivity contribution in [1.29, 1.82) is 0 Å². The number of hydrogen-bond donors (Lipinski definition) is 2. The molecule has 2 amide bonds. The van der Waals surface area contributed by atoms with Gasteiger partial charge in [-0.05, 0) is 12.1 Å². The summed E-state index contributed by atoms with van der Waals surface area (Å²) in [4.78, 5) is 26.2. The van der Waals surface area contributed by atoms with Crippen molar-refractivity contribution in [2.75, 3.05) is 25.6 Å². The molecule has 1 aliphatic heterocycles. The fraction of sp³-hybridized carbons (Fsp3) is 0.429. The third kappa shape index (κ3) is 2.92. The number of para-hydroxylation sites is 2. The number of rotatable bonds is 3. The van der Waals surface area contributed by atoms with Crippen LogP contribution in [-0.4, -0.2) is 60.0 Å². The van der Waals surface area contributed by atoms with Gasteiger partial charge in [0.15, 0.2) is 0 Å². The van der Waals surface area contributed by atoms with Gasteiger partial charge in [0.05, 0.1) is 18.9 Å². The normalized spacial score (nSPS) is 21.2. The molecule has 1 aliphatic rings.